The van der Waals surface area contributed by atoms with Crippen molar-refractivity contribution < 1.29 is 9.53 Å². The van der Waals surface area contributed by atoms with Gasteiger partial charge >= 0.3 is 0 Å². The van der Waals surface area contributed by atoms with Crippen LogP contribution in [-0.2, 0) is 4.74 Å². The number of para-hydroxylation sites is 1. The molecule has 4 rings (SSSR count). The summed E-state index contributed by atoms with van der Waals surface area (Å²) in [6.45, 7) is 11.6. The second-order valence-electron chi connectivity index (χ2n) is 10.4. The van der Waals surface area contributed by atoms with Gasteiger partial charge in [0.15, 0.2) is 0 Å². The van der Waals surface area contributed by atoms with Crippen LogP contribution in [0.1, 0.15) is 68.4 Å². The Kier molecular flexibility index (Phi) is 6.92. The van der Waals surface area contributed by atoms with E-state index in [0.29, 0.717) is 37.6 Å². The average molecular weight is 424 g/mol. The number of hydrogen-bond acceptors (Lipinski definition) is 4. The van der Waals surface area contributed by atoms with Crippen LogP contribution in [-0.4, -0.2) is 55.2 Å². The Morgan fingerprint density at radius 3 is 2.55 bits per heavy atom. The highest BCUT2D eigenvalue weighted by Crippen LogP contribution is 2.36. The highest BCUT2D eigenvalue weighted by Gasteiger charge is 2.27. The van der Waals surface area contributed by atoms with Gasteiger partial charge in [0.05, 0.1) is 24.3 Å². The number of nitrogens with one attached hydrogen (secondary N) is 1. The van der Waals surface area contributed by atoms with E-state index in [9.17, 15) is 4.79 Å². The first-order chi connectivity index (χ1) is 14.9. The zero-order valence-electron chi connectivity index (χ0n) is 19.3. The largest absolute Gasteiger partial charge is 0.378 e. The van der Waals surface area contributed by atoms with Crippen molar-refractivity contribution in [2.24, 2.45) is 11.3 Å². The molecule has 2 heterocycles. The van der Waals surface area contributed by atoms with Crippen LogP contribution in [0.15, 0.2) is 30.3 Å². The minimum absolute atomic E-state index is 0.114. The normalized spacial score (nSPS) is 22.6. The van der Waals surface area contributed by atoms with Crippen LogP contribution in [0, 0.1) is 11.3 Å². The van der Waals surface area contributed by atoms with Crippen molar-refractivity contribution in [1.29, 1.82) is 0 Å². The number of nitrogens with zero attached hydrogens (tertiary/aromatic N) is 2. The van der Waals surface area contributed by atoms with Crippen LogP contribution in [0.3, 0.4) is 0 Å². The number of pyridine rings is 1. The summed E-state index contributed by atoms with van der Waals surface area (Å²) in [4.78, 5) is 20.3. The molecule has 1 amide bonds. The fourth-order valence-corrected chi connectivity index (χ4v) is 4.83. The van der Waals surface area contributed by atoms with Crippen LogP contribution < -0.4 is 5.32 Å². The first-order valence-corrected chi connectivity index (χ1v) is 11.9. The van der Waals surface area contributed by atoms with E-state index in [1.807, 2.05) is 29.2 Å². The number of rotatable bonds is 5. The van der Waals surface area contributed by atoms with Crippen LogP contribution >= 0.6 is 0 Å². The van der Waals surface area contributed by atoms with Crippen molar-refractivity contribution in [1.82, 2.24) is 15.2 Å². The molecule has 0 unspecified atom stereocenters. The Bertz CT molecular complexity index is 891. The van der Waals surface area contributed by atoms with Gasteiger partial charge in [0, 0.05) is 30.1 Å². The number of benzene rings is 1. The van der Waals surface area contributed by atoms with Gasteiger partial charge < -0.3 is 15.0 Å². The molecule has 1 aliphatic heterocycles. The van der Waals surface area contributed by atoms with Gasteiger partial charge in [0.2, 0.25) is 0 Å². The molecule has 0 spiro atoms. The first-order valence-electron chi connectivity index (χ1n) is 11.9. The van der Waals surface area contributed by atoms with Gasteiger partial charge in [-0.1, -0.05) is 39.0 Å². The lowest BCUT2D eigenvalue weighted by Gasteiger charge is -2.30. The summed E-state index contributed by atoms with van der Waals surface area (Å²) in [5.74, 6) is 1.30. The zero-order valence-corrected chi connectivity index (χ0v) is 19.3. The van der Waals surface area contributed by atoms with Crippen molar-refractivity contribution in [3.8, 4) is 0 Å². The molecule has 1 aromatic heterocycles. The fourth-order valence-electron chi connectivity index (χ4n) is 4.83. The summed E-state index contributed by atoms with van der Waals surface area (Å²) in [6.07, 6.45) is 4.75. The monoisotopic (exact) mass is 423 g/mol. The number of ether oxygens (including phenoxy) is 1. The lowest BCUT2D eigenvalue weighted by atomic mass is 9.79. The lowest BCUT2D eigenvalue weighted by Crippen LogP contribution is -2.40. The molecular formula is C26H37N3O2. The molecule has 1 aliphatic carbocycles. The van der Waals surface area contributed by atoms with E-state index >= 15 is 0 Å². The van der Waals surface area contributed by atoms with Gasteiger partial charge in [-0.05, 0) is 62.2 Å². The molecule has 2 aliphatic rings. The molecule has 5 nitrogen and oxygen atoms in total. The summed E-state index contributed by atoms with van der Waals surface area (Å²) < 4.78 is 5.44. The maximum Gasteiger partial charge on any atom is 0.254 e. The molecule has 0 radical (unpaired) electrons. The smallest absolute Gasteiger partial charge is 0.254 e. The van der Waals surface area contributed by atoms with Gasteiger partial charge in [0.25, 0.3) is 5.91 Å². The third-order valence-electron chi connectivity index (χ3n) is 6.62. The Hall–Kier alpha value is -1.98. The Morgan fingerprint density at radius 2 is 1.84 bits per heavy atom. The van der Waals surface area contributed by atoms with Crippen molar-refractivity contribution in [3.05, 3.63) is 41.6 Å². The fraction of sp³-hybridized carbons (Fsp3) is 0.615. The number of fused-ring (bicyclic) bond motifs is 1. The topological polar surface area (TPSA) is 54.5 Å². The number of hydrogen-bond donors (Lipinski definition) is 1. The van der Waals surface area contributed by atoms with Gasteiger partial charge in [-0.15, -0.1) is 0 Å². The number of morpholine rings is 1. The molecule has 0 atom stereocenters. The summed E-state index contributed by atoms with van der Waals surface area (Å²) in [7, 11) is 0. The van der Waals surface area contributed by atoms with E-state index in [1.54, 1.807) is 0 Å². The number of aromatic nitrogens is 1. The molecule has 1 aromatic carbocycles. The van der Waals surface area contributed by atoms with E-state index in [-0.39, 0.29) is 5.91 Å². The van der Waals surface area contributed by atoms with Gasteiger partial charge in [-0.25, -0.2) is 0 Å². The zero-order chi connectivity index (χ0) is 21.8. The third-order valence-corrected chi connectivity index (χ3v) is 6.62. The quantitative estimate of drug-likeness (QED) is 0.763. The Labute approximate surface area is 186 Å². The second-order valence-corrected chi connectivity index (χ2v) is 10.4. The summed E-state index contributed by atoms with van der Waals surface area (Å²) in [5, 5.41) is 4.62. The molecule has 1 saturated carbocycles. The Morgan fingerprint density at radius 1 is 1.13 bits per heavy atom. The minimum atomic E-state index is 0.114. The number of amides is 1. The molecule has 0 bridgehead atoms. The molecule has 2 aromatic rings. The SMILES string of the molecule is CC(C)(C)CNCC1CCC(c2cc(C(=O)N3CCOCC3)c3ccccc3n2)CC1. The summed E-state index contributed by atoms with van der Waals surface area (Å²) in [5.41, 5.74) is 3.16. The lowest BCUT2D eigenvalue weighted by molar-refractivity contribution is 0.0304. The van der Waals surface area contributed by atoms with Crippen molar-refractivity contribution in [3.63, 3.8) is 0 Å². The van der Waals surface area contributed by atoms with Gasteiger partial charge in [0.1, 0.15) is 0 Å². The second kappa shape index (κ2) is 9.66. The molecule has 5 heteroatoms. The Balaban J connectivity index is 1.48. The van der Waals surface area contributed by atoms with E-state index in [2.05, 4.69) is 32.2 Å². The molecule has 31 heavy (non-hydrogen) atoms. The maximum atomic E-state index is 13.3. The van der Waals surface area contributed by atoms with Gasteiger partial charge in [-0.2, -0.15) is 0 Å². The van der Waals surface area contributed by atoms with Crippen LogP contribution in [0.4, 0.5) is 0 Å². The van der Waals surface area contributed by atoms with Crippen molar-refractivity contribution >= 4 is 16.8 Å². The average Bonchev–Trinajstić information content (AvgIpc) is 2.78. The molecular weight excluding hydrogens is 386 g/mol. The van der Waals surface area contributed by atoms with E-state index in [0.717, 1.165) is 54.0 Å². The molecule has 1 N–H and O–H groups in total. The predicted octanol–water partition coefficient (Wildman–Crippen LogP) is 4.62. The van der Waals surface area contributed by atoms with Crippen molar-refractivity contribution in [2.45, 2.75) is 52.4 Å². The maximum absolute atomic E-state index is 13.3. The predicted molar refractivity (Wildman–Crippen MR) is 125 cm³/mol. The van der Waals surface area contributed by atoms with Crippen molar-refractivity contribution in [2.75, 3.05) is 39.4 Å². The van der Waals surface area contributed by atoms with Crippen LogP contribution in [0.25, 0.3) is 10.9 Å². The standard InChI is InChI=1S/C26H37N3O2/c1-26(2,3)18-27-17-19-8-10-20(11-9-19)24-16-22(21-6-4-5-7-23(21)28-24)25(30)29-12-14-31-15-13-29/h4-7,16,19-20,27H,8-15,17-18H2,1-3H3. The molecule has 168 valence electrons. The molecule has 2 fully saturated rings. The number of carbonyl (C=O) groups excluding carboxylic acids is 1. The first kappa shape index (κ1) is 22.2. The highest BCUT2D eigenvalue weighted by atomic mass is 16.5. The summed E-state index contributed by atoms with van der Waals surface area (Å²) >= 11 is 0. The van der Waals surface area contributed by atoms with E-state index in [4.69, 9.17) is 9.72 Å². The van der Waals surface area contributed by atoms with Crippen LogP contribution in [0.2, 0.25) is 0 Å². The number of carbonyl (C=O) groups is 1. The third kappa shape index (κ3) is 5.64. The summed E-state index contributed by atoms with van der Waals surface area (Å²) in [6, 6.07) is 10.2. The van der Waals surface area contributed by atoms with E-state index < -0.39 is 0 Å². The van der Waals surface area contributed by atoms with E-state index in [1.165, 1.54) is 12.8 Å². The van der Waals surface area contributed by atoms with Gasteiger partial charge in [-0.3, -0.25) is 9.78 Å². The van der Waals surface area contributed by atoms with Crippen LogP contribution in [0.5, 0.6) is 0 Å². The highest BCUT2D eigenvalue weighted by molar-refractivity contribution is 6.06. The minimum Gasteiger partial charge on any atom is -0.378 e. The molecule has 1 saturated heterocycles.